The van der Waals surface area contributed by atoms with E-state index in [4.69, 9.17) is 4.42 Å². The highest BCUT2D eigenvalue weighted by Gasteiger charge is 2.08. The van der Waals surface area contributed by atoms with Crippen LogP contribution < -0.4 is 5.32 Å². The molecule has 0 aliphatic carbocycles. The van der Waals surface area contributed by atoms with Gasteiger partial charge in [-0.3, -0.25) is 9.88 Å². The van der Waals surface area contributed by atoms with Crippen molar-refractivity contribution in [3.8, 4) is 0 Å². The van der Waals surface area contributed by atoms with E-state index >= 15 is 0 Å². The minimum atomic E-state index is 0.770. The predicted molar refractivity (Wildman–Crippen MR) is 75.5 cm³/mol. The Kier molecular flexibility index (Phi) is 5.12. The Balaban J connectivity index is 1.94. The van der Waals surface area contributed by atoms with E-state index in [2.05, 4.69) is 28.2 Å². The molecule has 0 aliphatic rings. The number of hydrogen-bond acceptors (Lipinski definition) is 4. The molecule has 102 valence electrons. The Bertz CT molecular complexity index is 481. The smallest absolute Gasteiger partial charge is 0.118 e. The quantitative estimate of drug-likeness (QED) is 0.829. The van der Waals surface area contributed by atoms with Gasteiger partial charge in [-0.25, -0.2) is 0 Å². The first kappa shape index (κ1) is 13.8. The van der Waals surface area contributed by atoms with Crippen LogP contribution in [-0.2, 0) is 19.6 Å². The molecule has 0 atom stereocenters. The van der Waals surface area contributed by atoms with E-state index in [0.717, 1.165) is 43.4 Å². The molecule has 0 fully saturated rings. The number of nitrogens with one attached hydrogen (secondary N) is 1. The van der Waals surface area contributed by atoms with Crippen molar-refractivity contribution in [3.63, 3.8) is 0 Å². The van der Waals surface area contributed by atoms with Gasteiger partial charge in [-0.05, 0) is 37.9 Å². The number of hydrogen-bond donors (Lipinski definition) is 1. The van der Waals surface area contributed by atoms with Crippen LogP contribution in [0.25, 0.3) is 0 Å². The molecule has 0 unspecified atom stereocenters. The summed E-state index contributed by atoms with van der Waals surface area (Å²) in [6, 6.07) is 10.1. The summed E-state index contributed by atoms with van der Waals surface area (Å²) in [6.07, 6.45) is 1.83. The maximum Gasteiger partial charge on any atom is 0.118 e. The van der Waals surface area contributed by atoms with Crippen LogP contribution in [0.4, 0.5) is 0 Å². The molecule has 2 aromatic rings. The zero-order valence-corrected chi connectivity index (χ0v) is 11.6. The Morgan fingerprint density at radius 1 is 1.16 bits per heavy atom. The fraction of sp³-hybridized carbons (Fsp3) is 0.400. The molecule has 0 aliphatic heterocycles. The summed E-state index contributed by atoms with van der Waals surface area (Å²) in [6.45, 7) is 5.56. The maximum absolute atomic E-state index is 5.77. The van der Waals surface area contributed by atoms with Gasteiger partial charge in [0.2, 0.25) is 0 Å². The Morgan fingerprint density at radius 2 is 2.00 bits per heavy atom. The van der Waals surface area contributed by atoms with Crippen molar-refractivity contribution < 1.29 is 4.42 Å². The van der Waals surface area contributed by atoms with Crippen molar-refractivity contribution in [2.24, 2.45) is 0 Å². The lowest BCUT2D eigenvalue weighted by molar-refractivity contribution is 0.242. The Labute approximate surface area is 114 Å². The van der Waals surface area contributed by atoms with Crippen molar-refractivity contribution in [2.45, 2.75) is 26.6 Å². The van der Waals surface area contributed by atoms with Gasteiger partial charge in [0.25, 0.3) is 0 Å². The second-order valence-corrected chi connectivity index (χ2v) is 4.52. The van der Waals surface area contributed by atoms with E-state index in [1.165, 1.54) is 0 Å². The topological polar surface area (TPSA) is 41.3 Å². The van der Waals surface area contributed by atoms with E-state index in [1.807, 2.05) is 37.5 Å². The lowest BCUT2D eigenvalue weighted by Crippen LogP contribution is -2.22. The number of nitrogens with zero attached hydrogens (tertiary/aromatic N) is 2. The zero-order chi connectivity index (χ0) is 13.5. The van der Waals surface area contributed by atoms with Gasteiger partial charge < -0.3 is 9.73 Å². The largest absolute Gasteiger partial charge is 0.463 e. The van der Waals surface area contributed by atoms with Crippen molar-refractivity contribution in [1.29, 1.82) is 0 Å². The van der Waals surface area contributed by atoms with Gasteiger partial charge in [0.1, 0.15) is 11.5 Å². The molecular formula is C15H21N3O. The van der Waals surface area contributed by atoms with Crippen molar-refractivity contribution >= 4 is 0 Å². The predicted octanol–water partition coefficient (Wildman–Crippen LogP) is 2.42. The van der Waals surface area contributed by atoms with Gasteiger partial charge in [0, 0.05) is 12.7 Å². The highest BCUT2D eigenvalue weighted by molar-refractivity contribution is 5.08. The number of aromatic nitrogens is 1. The van der Waals surface area contributed by atoms with E-state index in [-0.39, 0.29) is 0 Å². The fourth-order valence-electron chi connectivity index (χ4n) is 2.00. The third kappa shape index (κ3) is 4.19. The van der Waals surface area contributed by atoms with E-state index in [9.17, 15) is 0 Å². The van der Waals surface area contributed by atoms with E-state index < -0.39 is 0 Å². The van der Waals surface area contributed by atoms with Crippen molar-refractivity contribution in [3.05, 3.63) is 53.7 Å². The fourth-order valence-corrected chi connectivity index (χ4v) is 2.00. The molecule has 0 spiro atoms. The zero-order valence-electron chi connectivity index (χ0n) is 11.6. The molecule has 4 nitrogen and oxygen atoms in total. The van der Waals surface area contributed by atoms with Gasteiger partial charge in [0.05, 0.1) is 18.8 Å². The molecule has 0 saturated carbocycles. The number of furan rings is 1. The normalized spacial score (nSPS) is 11.1. The van der Waals surface area contributed by atoms with Crippen LogP contribution in [0.3, 0.4) is 0 Å². The van der Waals surface area contributed by atoms with Gasteiger partial charge >= 0.3 is 0 Å². The SMILES string of the molecule is CCN(Cc1ccccn1)Cc1ccc(CNC)o1. The summed E-state index contributed by atoms with van der Waals surface area (Å²) in [5.74, 6) is 1.98. The molecular weight excluding hydrogens is 238 g/mol. The van der Waals surface area contributed by atoms with Gasteiger partial charge in [0.15, 0.2) is 0 Å². The molecule has 0 bridgehead atoms. The molecule has 0 amide bonds. The molecule has 1 N–H and O–H groups in total. The summed E-state index contributed by atoms with van der Waals surface area (Å²) in [5.41, 5.74) is 1.09. The van der Waals surface area contributed by atoms with Crippen LogP contribution in [0.15, 0.2) is 40.9 Å². The van der Waals surface area contributed by atoms with Crippen LogP contribution in [0.2, 0.25) is 0 Å². The Morgan fingerprint density at radius 3 is 2.68 bits per heavy atom. The Hall–Kier alpha value is -1.65. The third-order valence-electron chi connectivity index (χ3n) is 3.01. The maximum atomic E-state index is 5.77. The van der Waals surface area contributed by atoms with Gasteiger partial charge in [-0.2, -0.15) is 0 Å². The summed E-state index contributed by atoms with van der Waals surface area (Å²) in [5, 5.41) is 3.09. The monoisotopic (exact) mass is 259 g/mol. The molecule has 0 saturated heterocycles. The lowest BCUT2D eigenvalue weighted by atomic mass is 10.3. The average Bonchev–Trinajstić information content (AvgIpc) is 2.87. The highest BCUT2D eigenvalue weighted by Crippen LogP contribution is 2.12. The highest BCUT2D eigenvalue weighted by atomic mass is 16.3. The van der Waals surface area contributed by atoms with Crippen LogP contribution >= 0.6 is 0 Å². The van der Waals surface area contributed by atoms with Crippen molar-refractivity contribution in [2.75, 3.05) is 13.6 Å². The third-order valence-corrected chi connectivity index (χ3v) is 3.01. The lowest BCUT2D eigenvalue weighted by Gasteiger charge is -2.18. The summed E-state index contributed by atoms with van der Waals surface area (Å²) in [7, 11) is 1.92. The molecule has 2 rings (SSSR count). The summed E-state index contributed by atoms with van der Waals surface area (Å²) in [4.78, 5) is 6.67. The number of rotatable bonds is 7. The molecule has 19 heavy (non-hydrogen) atoms. The van der Waals surface area contributed by atoms with Crippen LogP contribution in [0.1, 0.15) is 24.1 Å². The van der Waals surface area contributed by atoms with Crippen LogP contribution in [0, 0.1) is 0 Å². The first-order valence-corrected chi connectivity index (χ1v) is 6.66. The molecule has 2 aromatic heterocycles. The molecule has 4 heteroatoms. The molecule has 0 radical (unpaired) electrons. The first-order valence-electron chi connectivity index (χ1n) is 6.66. The summed E-state index contributed by atoms with van der Waals surface area (Å²) < 4.78 is 5.77. The summed E-state index contributed by atoms with van der Waals surface area (Å²) >= 11 is 0. The van der Waals surface area contributed by atoms with Gasteiger partial charge in [-0.15, -0.1) is 0 Å². The van der Waals surface area contributed by atoms with Crippen LogP contribution in [-0.4, -0.2) is 23.5 Å². The average molecular weight is 259 g/mol. The molecule has 2 heterocycles. The van der Waals surface area contributed by atoms with E-state index in [0.29, 0.717) is 0 Å². The van der Waals surface area contributed by atoms with E-state index in [1.54, 1.807) is 0 Å². The van der Waals surface area contributed by atoms with Gasteiger partial charge in [-0.1, -0.05) is 13.0 Å². The second kappa shape index (κ2) is 7.07. The minimum absolute atomic E-state index is 0.770. The molecule has 0 aromatic carbocycles. The minimum Gasteiger partial charge on any atom is -0.463 e. The van der Waals surface area contributed by atoms with Crippen molar-refractivity contribution in [1.82, 2.24) is 15.2 Å². The number of pyridine rings is 1. The second-order valence-electron chi connectivity index (χ2n) is 4.52. The standard InChI is InChI=1S/C15H21N3O/c1-3-18(11-13-6-4-5-9-17-13)12-15-8-7-14(19-15)10-16-2/h4-9,16H,3,10-12H2,1-2H3. The first-order chi connectivity index (χ1) is 9.31. The van der Waals surface area contributed by atoms with Crippen LogP contribution in [0.5, 0.6) is 0 Å².